The zero-order valence-corrected chi connectivity index (χ0v) is 14.2. The van der Waals surface area contributed by atoms with Gasteiger partial charge >= 0.3 is 5.97 Å². The summed E-state index contributed by atoms with van der Waals surface area (Å²) in [7, 11) is 0. The normalized spacial score (nSPS) is 26.9. The summed E-state index contributed by atoms with van der Waals surface area (Å²) in [6.07, 6.45) is 0.857. The maximum absolute atomic E-state index is 12.1. The van der Waals surface area contributed by atoms with Gasteiger partial charge in [-0.05, 0) is 50.8 Å². The Kier molecular flexibility index (Phi) is 3.91. The summed E-state index contributed by atoms with van der Waals surface area (Å²) in [5.74, 6) is -1.16. The average molecular weight is 425 g/mol. The van der Waals surface area contributed by atoms with Gasteiger partial charge < -0.3 is 14.7 Å². The van der Waals surface area contributed by atoms with Crippen molar-refractivity contribution in [1.82, 2.24) is 4.90 Å². The second-order valence-corrected chi connectivity index (χ2v) is 8.07. The molecule has 20 heavy (non-hydrogen) atoms. The number of carboxylic acid groups (broad SMARTS) is 1. The van der Waals surface area contributed by atoms with Crippen LogP contribution < -0.4 is 0 Å². The first kappa shape index (κ1) is 14.5. The minimum absolute atomic E-state index is 0.129. The van der Waals surface area contributed by atoms with E-state index in [0.29, 0.717) is 0 Å². The summed E-state index contributed by atoms with van der Waals surface area (Å²) < 4.78 is 7.00. The summed E-state index contributed by atoms with van der Waals surface area (Å²) in [5.41, 5.74) is 0. The van der Waals surface area contributed by atoms with Gasteiger partial charge in [0.15, 0.2) is 6.10 Å². The van der Waals surface area contributed by atoms with Gasteiger partial charge in [-0.15, -0.1) is 11.3 Å². The van der Waals surface area contributed by atoms with Gasteiger partial charge in [-0.2, -0.15) is 0 Å². The Morgan fingerprint density at radius 1 is 1.45 bits per heavy atom. The number of morpholine rings is 1. The largest absolute Gasteiger partial charge is 0.479 e. The molecule has 3 rings (SSSR count). The Morgan fingerprint density at radius 3 is 2.65 bits per heavy atom. The molecule has 5 nitrogen and oxygen atoms in total. The summed E-state index contributed by atoms with van der Waals surface area (Å²) in [6, 6.07) is 1.46. The molecular formula is C12H11Br2NO4S. The fraction of sp³-hybridized carbons (Fsp3) is 0.500. The number of carboxylic acids is 1. The monoisotopic (exact) mass is 423 g/mol. The number of carbonyl (C=O) groups excluding carboxylic acids is 1. The van der Waals surface area contributed by atoms with Gasteiger partial charge in [0.1, 0.15) is 12.6 Å². The topological polar surface area (TPSA) is 66.8 Å². The minimum Gasteiger partial charge on any atom is -0.479 e. The minimum atomic E-state index is -1.03. The van der Waals surface area contributed by atoms with Crippen LogP contribution in [0.25, 0.3) is 0 Å². The first-order valence-corrected chi connectivity index (χ1v) is 8.49. The smallest absolute Gasteiger partial charge is 0.335 e. The van der Waals surface area contributed by atoms with Gasteiger partial charge in [0.05, 0.1) is 3.79 Å². The van der Waals surface area contributed by atoms with Crippen LogP contribution >= 0.6 is 43.2 Å². The quantitative estimate of drug-likeness (QED) is 0.810. The van der Waals surface area contributed by atoms with E-state index in [9.17, 15) is 14.7 Å². The lowest BCUT2D eigenvalue weighted by Crippen LogP contribution is -2.52. The number of carbonyl (C=O) groups is 2. The zero-order chi connectivity index (χ0) is 14.4. The van der Waals surface area contributed by atoms with Crippen LogP contribution in [0.5, 0.6) is 0 Å². The lowest BCUT2D eigenvalue weighted by molar-refractivity contribution is -0.173. The van der Waals surface area contributed by atoms with Gasteiger partial charge in [-0.3, -0.25) is 4.79 Å². The molecule has 108 valence electrons. The Hall–Kier alpha value is -0.440. The molecule has 1 aliphatic heterocycles. The predicted octanol–water partition coefficient (Wildman–Crippen LogP) is 2.79. The summed E-state index contributed by atoms with van der Waals surface area (Å²) >= 11 is 8.23. The maximum Gasteiger partial charge on any atom is 0.335 e. The van der Waals surface area contributed by atoms with E-state index in [1.165, 1.54) is 11.3 Å². The summed E-state index contributed by atoms with van der Waals surface area (Å²) in [5, 5.41) is 9.37. The highest BCUT2D eigenvalue weighted by molar-refractivity contribution is 9.13. The fourth-order valence-corrected chi connectivity index (χ4v) is 4.63. The van der Waals surface area contributed by atoms with E-state index in [1.54, 1.807) is 4.90 Å². The fourth-order valence-electron chi connectivity index (χ4n) is 2.41. The molecule has 0 aromatic carbocycles. The Balaban J connectivity index is 2.02. The van der Waals surface area contributed by atoms with Gasteiger partial charge in [-0.1, -0.05) is 0 Å². The van der Waals surface area contributed by atoms with Crippen molar-refractivity contribution in [2.45, 2.75) is 31.0 Å². The van der Waals surface area contributed by atoms with Crippen molar-refractivity contribution in [3.05, 3.63) is 19.2 Å². The molecule has 1 saturated heterocycles. The molecule has 8 heteroatoms. The van der Waals surface area contributed by atoms with Crippen LogP contribution in [0.2, 0.25) is 0 Å². The molecule has 0 radical (unpaired) electrons. The highest BCUT2D eigenvalue weighted by Gasteiger charge is 2.48. The van der Waals surface area contributed by atoms with Crippen molar-refractivity contribution >= 4 is 55.1 Å². The molecule has 1 aliphatic carbocycles. The van der Waals surface area contributed by atoms with E-state index in [2.05, 4.69) is 31.9 Å². The number of nitrogens with zero attached hydrogens (tertiary/aromatic N) is 1. The summed E-state index contributed by atoms with van der Waals surface area (Å²) in [4.78, 5) is 26.1. The van der Waals surface area contributed by atoms with E-state index in [0.717, 1.165) is 26.0 Å². The van der Waals surface area contributed by atoms with Crippen molar-refractivity contribution in [2.75, 3.05) is 6.61 Å². The Labute approximate surface area is 136 Å². The number of halogens is 2. The van der Waals surface area contributed by atoms with Gasteiger partial charge in [0.25, 0.3) is 0 Å². The number of hydrogen-bond donors (Lipinski definition) is 1. The highest BCUT2D eigenvalue weighted by Crippen LogP contribution is 2.44. The SMILES string of the molecule is O=C(O)C1OCC(=O)N(C2CC2)C1c1cc(Br)c(Br)s1. The molecule has 1 aromatic rings. The molecule has 1 amide bonds. The lowest BCUT2D eigenvalue weighted by Gasteiger charge is -2.39. The average Bonchev–Trinajstić information content (AvgIpc) is 3.16. The third kappa shape index (κ3) is 2.54. The summed E-state index contributed by atoms with van der Waals surface area (Å²) in [6.45, 7) is -0.155. The van der Waals surface area contributed by atoms with Crippen LogP contribution in [-0.2, 0) is 14.3 Å². The zero-order valence-electron chi connectivity index (χ0n) is 10.2. The van der Waals surface area contributed by atoms with E-state index in [1.807, 2.05) is 6.07 Å². The van der Waals surface area contributed by atoms with Crippen molar-refractivity contribution in [2.24, 2.45) is 0 Å². The van der Waals surface area contributed by atoms with Crippen LogP contribution in [0.3, 0.4) is 0 Å². The molecule has 1 N–H and O–H groups in total. The third-order valence-electron chi connectivity index (χ3n) is 3.40. The number of thiophene rings is 1. The maximum atomic E-state index is 12.1. The van der Waals surface area contributed by atoms with Gasteiger partial charge in [0, 0.05) is 15.4 Å². The highest BCUT2D eigenvalue weighted by atomic mass is 79.9. The molecule has 0 bridgehead atoms. The predicted molar refractivity (Wildman–Crippen MR) is 79.7 cm³/mol. The van der Waals surface area contributed by atoms with Crippen molar-refractivity contribution in [3.63, 3.8) is 0 Å². The molecule has 2 heterocycles. The van der Waals surface area contributed by atoms with E-state index >= 15 is 0 Å². The number of rotatable bonds is 3. The van der Waals surface area contributed by atoms with Gasteiger partial charge in [-0.25, -0.2) is 4.79 Å². The third-order valence-corrected chi connectivity index (χ3v) is 6.73. The van der Waals surface area contributed by atoms with E-state index in [4.69, 9.17) is 4.74 Å². The van der Waals surface area contributed by atoms with Crippen LogP contribution in [0, 0.1) is 0 Å². The standard InChI is InChI=1S/C12H11Br2NO4S/c13-6-3-7(20-11(6)14)9-10(12(17)18)19-4-8(16)15(9)5-1-2-5/h3,5,9-10H,1-2,4H2,(H,17,18). The number of amides is 1. The van der Waals surface area contributed by atoms with Crippen LogP contribution in [0.15, 0.2) is 14.3 Å². The number of aliphatic carboxylic acids is 1. The molecule has 1 aromatic heterocycles. The van der Waals surface area contributed by atoms with Crippen molar-refractivity contribution < 1.29 is 19.4 Å². The van der Waals surface area contributed by atoms with Crippen molar-refractivity contribution in [3.8, 4) is 0 Å². The van der Waals surface area contributed by atoms with Crippen LogP contribution in [0.1, 0.15) is 23.8 Å². The first-order valence-electron chi connectivity index (χ1n) is 6.09. The van der Waals surface area contributed by atoms with Crippen LogP contribution in [0.4, 0.5) is 0 Å². The van der Waals surface area contributed by atoms with Crippen molar-refractivity contribution in [1.29, 1.82) is 0 Å². The second kappa shape index (κ2) is 5.40. The van der Waals surface area contributed by atoms with E-state index < -0.39 is 18.1 Å². The van der Waals surface area contributed by atoms with Gasteiger partial charge in [0.2, 0.25) is 5.91 Å². The lowest BCUT2D eigenvalue weighted by atomic mass is 10.0. The molecule has 2 unspecified atom stereocenters. The second-order valence-electron chi connectivity index (χ2n) is 4.82. The Bertz CT molecular complexity index is 552. The van der Waals surface area contributed by atoms with Crippen LogP contribution in [-0.4, -0.2) is 40.6 Å². The van der Waals surface area contributed by atoms with E-state index in [-0.39, 0.29) is 18.6 Å². The molecule has 1 saturated carbocycles. The molecular weight excluding hydrogens is 414 g/mol. The molecule has 2 atom stereocenters. The first-order chi connectivity index (χ1) is 9.49. The number of ether oxygens (including phenoxy) is 1. The number of hydrogen-bond acceptors (Lipinski definition) is 4. The molecule has 2 fully saturated rings. The molecule has 2 aliphatic rings. The molecule has 0 spiro atoms. The Morgan fingerprint density at radius 2 is 2.15 bits per heavy atom.